The van der Waals surface area contributed by atoms with Crippen LogP contribution in [0.1, 0.15) is 85.0 Å². The third-order valence-corrected chi connectivity index (χ3v) is 5.82. The average Bonchev–Trinajstić information content (AvgIpc) is 2.75. The Hall–Kier alpha value is 0.170. The van der Waals surface area contributed by atoms with E-state index in [-0.39, 0.29) is 0 Å². The van der Waals surface area contributed by atoms with Crippen molar-refractivity contribution < 1.29 is 0 Å². The summed E-state index contributed by atoms with van der Waals surface area (Å²) in [4.78, 5) is 0. The normalized spacial score (nSPS) is 19.4. The summed E-state index contributed by atoms with van der Waals surface area (Å²) in [5.41, 5.74) is 0.669. The molecule has 1 rings (SSSR count). The molecule has 1 heteroatoms. The summed E-state index contributed by atoms with van der Waals surface area (Å²) in [6, 6.07) is 0. The molecule has 0 saturated heterocycles. The zero-order valence-electron chi connectivity index (χ0n) is 12.2. The standard InChI is InChI=1S/C16H31P/c1-4-7-10-15-16(11-8-5-2,12-9-6-3)13-14-17-15/h4-14H2,1-3H3. The molecule has 0 amide bonds. The van der Waals surface area contributed by atoms with Crippen molar-refractivity contribution in [3.63, 3.8) is 0 Å². The van der Waals surface area contributed by atoms with Crippen LogP contribution in [0.25, 0.3) is 0 Å². The SMILES string of the molecule is CCCCC1=PCCC1(CCCC)CCCC. The molecular formula is C16H31P. The molecule has 0 nitrogen and oxygen atoms in total. The van der Waals surface area contributed by atoms with Crippen LogP contribution in [0.2, 0.25) is 0 Å². The average molecular weight is 254 g/mol. The van der Waals surface area contributed by atoms with Crippen molar-refractivity contribution in [3.8, 4) is 0 Å². The van der Waals surface area contributed by atoms with E-state index in [9.17, 15) is 0 Å². The number of rotatable bonds is 9. The second-order valence-electron chi connectivity index (χ2n) is 5.67. The van der Waals surface area contributed by atoms with Crippen LogP contribution in [0.15, 0.2) is 0 Å². The fourth-order valence-electron chi connectivity index (χ4n) is 3.10. The summed E-state index contributed by atoms with van der Waals surface area (Å²) in [7, 11) is 1.70. The Labute approximate surface area is 110 Å². The van der Waals surface area contributed by atoms with Crippen molar-refractivity contribution >= 4 is 13.5 Å². The molecule has 0 atom stereocenters. The first-order chi connectivity index (χ1) is 8.29. The Morgan fingerprint density at radius 3 is 2.06 bits per heavy atom. The molecule has 0 saturated carbocycles. The van der Waals surface area contributed by atoms with Crippen molar-refractivity contribution in [2.45, 2.75) is 85.0 Å². The molecule has 0 aliphatic carbocycles. The van der Waals surface area contributed by atoms with E-state index in [0.29, 0.717) is 5.41 Å². The molecule has 0 N–H and O–H groups in total. The van der Waals surface area contributed by atoms with Gasteiger partial charge in [0.2, 0.25) is 0 Å². The van der Waals surface area contributed by atoms with Gasteiger partial charge in [-0.25, -0.2) is 0 Å². The maximum atomic E-state index is 2.34. The quantitative estimate of drug-likeness (QED) is 0.438. The predicted octanol–water partition coefficient (Wildman–Crippen LogP) is 6.07. The Morgan fingerprint density at radius 1 is 0.941 bits per heavy atom. The van der Waals surface area contributed by atoms with Crippen molar-refractivity contribution in [1.29, 1.82) is 0 Å². The van der Waals surface area contributed by atoms with E-state index in [1.807, 2.05) is 5.29 Å². The fourth-order valence-corrected chi connectivity index (χ4v) is 4.90. The van der Waals surface area contributed by atoms with E-state index in [4.69, 9.17) is 0 Å². The molecule has 1 heterocycles. The lowest BCUT2D eigenvalue weighted by Gasteiger charge is -2.32. The lowest BCUT2D eigenvalue weighted by atomic mass is 9.72. The second kappa shape index (κ2) is 8.30. The van der Waals surface area contributed by atoms with Gasteiger partial charge in [0.05, 0.1) is 0 Å². The van der Waals surface area contributed by atoms with E-state index in [1.165, 1.54) is 70.4 Å². The maximum Gasteiger partial charge on any atom is -0.00387 e. The summed E-state index contributed by atoms with van der Waals surface area (Å²) in [5.74, 6) is 0. The molecule has 0 aromatic heterocycles. The van der Waals surface area contributed by atoms with Crippen molar-refractivity contribution in [1.82, 2.24) is 0 Å². The molecule has 0 aromatic rings. The summed E-state index contributed by atoms with van der Waals surface area (Å²) >= 11 is 0. The number of hydrogen-bond donors (Lipinski definition) is 0. The molecule has 0 spiro atoms. The van der Waals surface area contributed by atoms with Crippen LogP contribution >= 0.6 is 8.20 Å². The third kappa shape index (κ3) is 4.40. The van der Waals surface area contributed by atoms with Gasteiger partial charge in [0.1, 0.15) is 0 Å². The van der Waals surface area contributed by atoms with Crippen molar-refractivity contribution in [2.75, 3.05) is 6.16 Å². The van der Waals surface area contributed by atoms with Crippen molar-refractivity contribution in [3.05, 3.63) is 0 Å². The zero-order chi connectivity index (χ0) is 12.6. The molecule has 0 radical (unpaired) electrons. The molecule has 17 heavy (non-hydrogen) atoms. The molecule has 0 bridgehead atoms. The largest absolute Gasteiger partial charge is 0.105 e. The molecule has 100 valence electrons. The molecular weight excluding hydrogens is 223 g/mol. The first kappa shape index (κ1) is 15.2. The summed E-state index contributed by atoms with van der Waals surface area (Å²) in [5, 5.41) is 1.93. The highest BCUT2D eigenvalue weighted by Gasteiger charge is 2.35. The van der Waals surface area contributed by atoms with Crippen LogP contribution in [0.3, 0.4) is 0 Å². The van der Waals surface area contributed by atoms with Crippen LogP contribution in [-0.2, 0) is 0 Å². The van der Waals surface area contributed by atoms with Gasteiger partial charge < -0.3 is 0 Å². The smallest absolute Gasteiger partial charge is 0.00387 e. The minimum absolute atomic E-state index is 0.669. The van der Waals surface area contributed by atoms with Gasteiger partial charge in [-0.15, -0.1) is 8.20 Å². The van der Waals surface area contributed by atoms with E-state index in [0.717, 1.165) is 0 Å². The summed E-state index contributed by atoms with van der Waals surface area (Å²) < 4.78 is 0. The predicted molar refractivity (Wildman–Crippen MR) is 82.4 cm³/mol. The van der Waals surface area contributed by atoms with Crippen LogP contribution in [0, 0.1) is 5.41 Å². The first-order valence-corrected chi connectivity index (χ1v) is 8.91. The first-order valence-electron chi connectivity index (χ1n) is 7.83. The molecule has 1 aliphatic rings. The van der Waals surface area contributed by atoms with Gasteiger partial charge in [-0.05, 0) is 49.0 Å². The van der Waals surface area contributed by atoms with Gasteiger partial charge in [-0.3, -0.25) is 0 Å². The molecule has 1 aliphatic heterocycles. The Morgan fingerprint density at radius 2 is 1.53 bits per heavy atom. The second-order valence-corrected chi connectivity index (χ2v) is 6.97. The van der Waals surface area contributed by atoms with E-state index in [1.54, 1.807) is 8.20 Å². The topological polar surface area (TPSA) is 0 Å². The highest BCUT2D eigenvalue weighted by molar-refractivity contribution is 7.41. The van der Waals surface area contributed by atoms with Crippen LogP contribution in [0.5, 0.6) is 0 Å². The Bertz CT molecular complexity index is 222. The zero-order valence-corrected chi connectivity index (χ0v) is 13.1. The Balaban J connectivity index is 2.63. The van der Waals surface area contributed by atoms with Crippen LogP contribution in [0.4, 0.5) is 0 Å². The minimum Gasteiger partial charge on any atom is -0.105 e. The molecule has 0 aromatic carbocycles. The lowest BCUT2D eigenvalue weighted by molar-refractivity contribution is 0.328. The van der Waals surface area contributed by atoms with E-state index < -0.39 is 0 Å². The highest BCUT2D eigenvalue weighted by atomic mass is 31.1. The van der Waals surface area contributed by atoms with Gasteiger partial charge >= 0.3 is 0 Å². The molecule has 0 fully saturated rings. The maximum absolute atomic E-state index is 2.34. The molecule has 0 unspecified atom stereocenters. The van der Waals surface area contributed by atoms with E-state index >= 15 is 0 Å². The summed E-state index contributed by atoms with van der Waals surface area (Å²) in [6.45, 7) is 7.00. The van der Waals surface area contributed by atoms with Crippen LogP contribution < -0.4 is 0 Å². The Kier molecular flexibility index (Phi) is 7.44. The van der Waals surface area contributed by atoms with Gasteiger partial charge in [-0.2, -0.15) is 0 Å². The van der Waals surface area contributed by atoms with E-state index in [2.05, 4.69) is 20.8 Å². The minimum atomic E-state index is 0.669. The lowest BCUT2D eigenvalue weighted by Crippen LogP contribution is -2.27. The third-order valence-electron chi connectivity index (χ3n) is 4.29. The highest BCUT2D eigenvalue weighted by Crippen LogP contribution is 2.45. The fraction of sp³-hybridized carbons (Fsp3) is 0.938. The van der Waals surface area contributed by atoms with Crippen molar-refractivity contribution in [2.24, 2.45) is 5.41 Å². The summed E-state index contributed by atoms with van der Waals surface area (Å²) in [6.07, 6.45) is 15.7. The van der Waals surface area contributed by atoms with Gasteiger partial charge in [0.25, 0.3) is 0 Å². The van der Waals surface area contributed by atoms with Crippen LogP contribution in [-0.4, -0.2) is 11.5 Å². The van der Waals surface area contributed by atoms with Gasteiger partial charge in [-0.1, -0.05) is 52.9 Å². The van der Waals surface area contributed by atoms with Gasteiger partial charge in [0, 0.05) is 0 Å². The van der Waals surface area contributed by atoms with Gasteiger partial charge in [0.15, 0.2) is 0 Å². The number of hydrogen-bond acceptors (Lipinski definition) is 0. The monoisotopic (exact) mass is 254 g/mol. The number of unbranched alkanes of at least 4 members (excludes halogenated alkanes) is 3.